The van der Waals surface area contributed by atoms with Gasteiger partial charge in [0.05, 0.1) is 17.9 Å². The van der Waals surface area contributed by atoms with E-state index in [9.17, 15) is 14.4 Å². The first-order chi connectivity index (χ1) is 15.3. The number of methoxy groups -OCH3 is 1. The number of carbonyl (C=O) groups is 3. The highest BCUT2D eigenvalue weighted by molar-refractivity contribution is 7.12. The minimum absolute atomic E-state index is 0.0622. The molecule has 166 valence electrons. The van der Waals surface area contributed by atoms with E-state index < -0.39 is 17.9 Å². The fourth-order valence-corrected chi connectivity index (χ4v) is 4.18. The molecule has 1 aliphatic heterocycles. The largest absolute Gasteiger partial charge is 0.469 e. The van der Waals surface area contributed by atoms with Crippen LogP contribution in [0.15, 0.2) is 53.0 Å². The van der Waals surface area contributed by atoms with Crippen molar-refractivity contribution < 1.29 is 19.1 Å². The summed E-state index contributed by atoms with van der Waals surface area (Å²) >= 11 is 1.21. The van der Waals surface area contributed by atoms with Crippen LogP contribution in [0.1, 0.15) is 39.7 Å². The normalized spacial score (nSPS) is 14.9. The monoisotopic (exact) mass is 452 g/mol. The molecule has 0 fully saturated rings. The van der Waals surface area contributed by atoms with Crippen LogP contribution in [0, 0.1) is 11.3 Å². The number of ketones is 1. The zero-order valence-corrected chi connectivity index (χ0v) is 18.6. The second kappa shape index (κ2) is 10.1. The van der Waals surface area contributed by atoms with E-state index in [0.717, 1.165) is 5.56 Å². The molecule has 9 heteroatoms. The van der Waals surface area contributed by atoms with Crippen molar-refractivity contribution in [2.45, 2.75) is 25.8 Å². The molecule has 0 spiro atoms. The Bertz CT molecular complexity index is 1120. The summed E-state index contributed by atoms with van der Waals surface area (Å²) in [5.41, 5.74) is 7.86. The Morgan fingerprint density at radius 2 is 2.12 bits per heavy atom. The number of amides is 1. The number of rotatable bonds is 8. The minimum atomic E-state index is -0.639. The molecule has 2 atom stereocenters. The van der Waals surface area contributed by atoms with Gasteiger partial charge in [0, 0.05) is 35.2 Å². The van der Waals surface area contributed by atoms with Gasteiger partial charge in [-0.1, -0.05) is 24.3 Å². The summed E-state index contributed by atoms with van der Waals surface area (Å²) in [5, 5.41) is 12.2. The van der Waals surface area contributed by atoms with Gasteiger partial charge in [-0.2, -0.15) is 0 Å². The molecule has 1 aliphatic rings. The van der Waals surface area contributed by atoms with Crippen LogP contribution in [0.3, 0.4) is 0 Å². The number of benzene rings is 1. The summed E-state index contributed by atoms with van der Waals surface area (Å²) in [6.07, 6.45) is 3.87. The van der Waals surface area contributed by atoms with Crippen molar-refractivity contribution in [1.82, 2.24) is 5.32 Å². The third kappa shape index (κ3) is 5.36. The van der Waals surface area contributed by atoms with Crippen molar-refractivity contribution in [3.63, 3.8) is 0 Å². The Hall–Kier alpha value is -3.59. The lowest BCUT2D eigenvalue weighted by Crippen LogP contribution is -2.42. The van der Waals surface area contributed by atoms with Gasteiger partial charge in [0.1, 0.15) is 11.5 Å². The number of aliphatic imine (C=N–C) groups is 1. The zero-order valence-electron chi connectivity index (χ0n) is 17.8. The molecule has 1 aromatic carbocycles. The van der Waals surface area contributed by atoms with Crippen LogP contribution >= 0.6 is 11.3 Å². The lowest BCUT2D eigenvalue weighted by molar-refractivity contribution is -0.146. The third-order valence-corrected chi connectivity index (χ3v) is 6.06. The van der Waals surface area contributed by atoms with E-state index >= 15 is 0 Å². The number of ether oxygens (including phenoxy) is 1. The summed E-state index contributed by atoms with van der Waals surface area (Å²) in [7, 11) is 1.30. The molecule has 4 N–H and O–H groups in total. The molecule has 0 aliphatic carbocycles. The molecule has 0 saturated heterocycles. The number of amidine groups is 1. The number of Topliss-reactive ketones (excluding diaryl/α,β-unsaturated/α-hetero) is 1. The Morgan fingerprint density at radius 3 is 2.81 bits per heavy atom. The van der Waals surface area contributed by atoms with E-state index in [1.165, 1.54) is 18.4 Å². The predicted octanol–water partition coefficient (Wildman–Crippen LogP) is 2.46. The van der Waals surface area contributed by atoms with Gasteiger partial charge in [-0.15, -0.1) is 11.3 Å². The second-order valence-electron chi connectivity index (χ2n) is 7.40. The molecule has 3 rings (SSSR count). The maximum Gasteiger partial charge on any atom is 0.311 e. The molecular weight excluding hydrogens is 428 g/mol. The number of nitrogens with one attached hydrogen (secondary N) is 2. The predicted molar refractivity (Wildman–Crippen MR) is 123 cm³/mol. The molecule has 32 heavy (non-hydrogen) atoms. The summed E-state index contributed by atoms with van der Waals surface area (Å²) < 4.78 is 4.95. The molecule has 0 saturated carbocycles. The van der Waals surface area contributed by atoms with Gasteiger partial charge in [-0.3, -0.25) is 24.8 Å². The molecule has 0 unspecified atom stereocenters. The lowest BCUT2D eigenvalue weighted by Gasteiger charge is -2.23. The van der Waals surface area contributed by atoms with Gasteiger partial charge in [0.2, 0.25) is 0 Å². The quantitative estimate of drug-likeness (QED) is 0.321. The van der Waals surface area contributed by atoms with E-state index in [0.29, 0.717) is 34.6 Å². The number of hydrogen-bond donors (Lipinski definition) is 3. The Morgan fingerprint density at radius 1 is 1.34 bits per heavy atom. The average molecular weight is 453 g/mol. The molecular formula is C23H24N4O4S. The van der Waals surface area contributed by atoms with Crippen LogP contribution < -0.4 is 11.1 Å². The lowest BCUT2D eigenvalue weighted by atomic mass is 9.92. The van der Waals surface area contributed by atoms with E-state index in [1.54, 1.807) is 48.8 Å². The fraction of sp³-hybridized carbons (Fsp3) is 0.261. The highest BCUT2D eigenvalue weighted by atomic mass is 32.1. The number of hydrogen-bond acceptors (Lipinski definition) is 7. The molecule has 1 aromatic heterocycles. The van der Waals surface area contributed by atoms with E-state index in [-0.39, 0.29) is 17.5 Å². The molecule has 0 bridgehead atoms. The number of esters is 1. The van der Waals surface area contributed by atoms with Gasteiger partial charge < -0.3 is 15.8 Å². The number of thiophene rings is 1. The molecule has 1 amide bonds. The first-order valence-electron chi connectivity index (χ1n) is 9.97. The van der Waals surface area contributed by atoms with Crippen LogP contribution in [0.5, 0.6) is 0 Å². The van der Waals surface area contributed by atoms with Crippen LogP contribution in [0.25, 0.3) is 0 Å². The number of nitrogens with zero attached hydrogens (tertiary/aromatic N) is 1. The van der Waals surface area contributed by atoms with E-state index in [1.807, 2.05) is 6.07 Å². The highest BCUT2D eigenvalue weighted by Gasteiger charge is 2.28. The SMILES string of the molecule is COC(=O)[C@H](Cc1cccc(C(=N)N)c1)[C@@H](C)NC(=O)c1cc(C2=NC=CCC2=O)cs1. The van der Waals surface area contributed by atoms with Crippen molar-refractivity contribution in [2.24, 2.45) is 16.6 Å². The van der Waals surface area contributed by atoms with Crippen molar-refractivity contribution >= 4 is 40.5 Å². The second-order valence-corrected chi connectivity index (χ2v) is 8.31. The van der Waals surface area contributed by atoms with Crippen LogP contribution in [-0.4, -0.2) is 42.4 Å². The summed E-state index contributed by atoms with van der Waals surface area (Å²) in [6.45, 7) is 1.74. The standard InChI is InChI=1S/C23H24N4O4S/c1-13(17(23(30)31-2)10-14-5-3-6-15(9-14)21(24)25)27-22(29)19-11-16(12-32-19)20-18(28)7-4-8-26-20/h3-6,8-9,11-13,17H,7,10H2,1-2H3,(H3,24,25)(H,27,29)/t13-,17-/m1/s1. The Labute approximate surface area is 189 Å². The fourth-order valence-electron chi connectivity index (χ4n) is 3.38. The van der Waals surface area contributed by atoms with Gasteiger partial charge in [0.25, 0.3) is 5.91 Å². The maximum atomic E-state index is 12.8. The van der Waals surface area contributed by atoms with Gasteiger partial charge in [-0.25, -0.2) is 0 Å². The smallest absolute Gasteiger partial charge is 0.311 e. The van der Waals surface area contributed by atoms with Gasteiger partial charge in [-0.05, 0) is 31.0 Å². The van der Waals surface area contributed by atoms with Gasteiger partial charge >= 0.3 is 5.97 Å². The maximum absolute atomic E-state index is 12.8. The summed E-state index contributed by atoms with van der Waals surface area (Å²) in [6, 6.07) is 8.16. The van der Waals surface area contributed by atoms with Crippen LogP contribution in [0.2, 0.25) is 0 Å². The first-order valence-corrected chi connectivity index (χ1v) is 10.8. The molecule has 8 nitrogen and oxygen atoms in total. The molecule has 0 radical (unpaired) electrons. The number of allylic oxidation sites excluding steroid dienone is 1. The van der Waals surface area contributed by atoms with Crippen molar-refractivity contribution in [3.05, 3.63) is 69.6 Å². The van der Waals surface area contributed by atoms with Crippen molar-refractivity contribution in [1.29, 1.82) is 5.41 Å². The van der Waals surface area contributed by atoms with Gasteiger partial charge in [0.15, 0.2) is 5.78 Å². The Kier molecular flexibility index (Phi) is 7.32. The highest BCUT2D eigenvalue weighted by Crippen LogP contribution is 2.20. The zero-order chi connectivity index (χ0) is 23.3. The summed E-state index contributed by atoms with van der Waals surface area (Å²) in [5.74, 6) is -1.59. The van der Waals surface area contributed by atoms with Crippen LogP contribution in [0.4, 0.5) is 0 Å². The number of nitrogens with two attached hydrogens (primary N) is 1. The minimum Gasteiger partial charge on any atom is -0.469 e. The average Bonchev–Trinajstić information content (AvgIpc) is 3.27. The molecule has 2 heterocycles. The number of carbonyl (C=O) groups excluding carboxylic acids is 3. The Balaban J connectivity index is 1.74. The van der Waals surface area contributed by atoms with Crippen molar-refractivity contribution in [3.8, 4) is 0 Å². The van der Waals surface area contributed by atoms with Crippen molar-refractivity contribution in [2.75, 3.05) is 7.11 Å². The summed E-state index contributed by atoms with van der Waals surface area (Å²) in [4.78, 5) is 41.8. The topological polar surface area (TPSA) is 135 Å². The van der Waals surface area contributed by atoms with Crippen LogP contribution in [-0.2, 0) is 20.7 Å². The molecule has 2 aromatic rings. The first kappa shape index (κ1) is 23.1. The number of nitrogen functional groups attached to an aromatic ring is 1. The van der Waals surface area contributed by atoms with E-state index in [4.69, 9.17) is 15.9 Å². The third-order valence-electron chi connectivity index (χ3n) is 5.13. The van der Waals surface area contributed by atoms with E-state index in [2.05, 4.69) is 10.3 Å².